The Labute approximate surface area is 119 Å². The molecule has 4 heteroatoms. The van der Waals surface area contributed by atoms with Crippen LogP contribution in [0.2, 0.25) is 0 Å². The van der Waals surface area contributed by atoms with E-state index in [0.717, 1.165) is 44.3 Å². The topological polar surface area (TPSA) is 47.9 Å². The van der Waals surface area contributed by atoms with Crippen LogP contribution in [0.1, 0.15) is 32.6 Å². The maximum Gasteiger partial charge on any atom is 0.177 e. The molecule has 2 spiro atoms. The molecule has 6 aliphatic carbocycles. The molecule has 6 saturated carbocycles. The standard InChI is InChI=1S/C16H22O4/c1-9(2)13(17)20-14-5-10-6-15(8-14)12(10)11(7-14)16(15)18-3-4-19-16/h10-13,17H,1,3-8H2,2H3. The Morgan fingerprint density at radius 3 is 2.70 bits per heavy atom. The summed E-state index contributed by atoms with van der Waals surface area (Å²) >= 11 is 0. The summed E-state index contributed by atoms with van der Waals surface area (Å²) in [4.78, 5) is 0. The van der Waals surface area contributed by atoms with Gasteiger partial charge in [-0.1, -0.05) is 6.58 Å². The van der Waals surface area contributed by atoms with Gasteiger partial charge in [0.2, 0.25) is 0 Å². The Hall–Kier alpha value is -0.420. The summed E-state index contributed by atoms with van der Waals surface area (Å²) in [5.41, 5.74) is 0.709. The summed E-state index contributed by atoms with van der Waals surface area (Å²) in [6.07, 6.45) is 3.45. The molecule has 1 saturated heterocycles. The molecule has 0 aromatic heterocycles. The molecule has 7 aliphatic rings. The Bertz CT molecular complexity index is 497. The first kappa shape index (κ1) is 12.2. The second-order valence-electron chi connectivity index (χ2n) is 7.70. The highest BCUT2D eigenvalue weighted by atomic mass is 16.7. The quantitative estimate of drug-likeness (QED) is 0.632. The molecule has 6 atom stereocenters. The van der Waals surface area contributed by atoms with E-state index in [2.05, 4.69) is 6.58 Å². The van der Waals surface area contributed by atoms with Crippen molar-refractivity contribution in [1.82, 2.24) is 0 Å². The average Bonchev–Trinajstić information content (AvgIpc) is 2.88. The van der Waals surface area contributed by atoms with Crippen LogP contribution >= 0.6 is 0 Å². The molecule has 1 heterocycles. The van der Waals surface area contributed by atoms with Gasteiger partial charge in [-0.15, -0.1) is 0 Å². The minimum Gasteiger partial charge on any atom is -0.364 e. The summed E-state index contributed by atoms with van der Waals surface area (Å²) < 4.78 is 18.2. The van der Waals surface area contributed by atoms with Gasteiger partial charge in [0.05, 0.1) is 18.8 Å². The van der Waals surface area contributed by atoms with Crippen molar-refractivity contribution in [1.29, 1.82) is 0 Å². The molecule has 0 radical (unpaired) electrons. The van der Waals surface area contributed by atoms with Gasteiger partial charge in [-0.2, -0.15) is 0 Å². The van der Waals surface area contributed by atoms with Crippen molar-refractivity contribution in [3.05, 3.63) is 12.2 Å². The highest BCUT2D eigenvalue weighted by Crippen LogP contribution is 2.86. The molecular formula is C16H22O4. The van der Waals surface area contributed by atoms with Crippen molar-refractivity contribution in [3.63, 3.8) is 0 Å². The van der Waals surface area contributed by atoms with Crippen LogP contribution in [-0.2, 0) is 14.2 Å². The van der Waals surface area contributed by atoms with Gasteiger partial charge in [0, 0.05) is 11.3 Å². The first-order chi connectivity index (χ1) is 9.52. The lowest BCUT2D eigenvalue weighted by Crippen LogP contribution is -2.87. The van der Waals surface area contributed by atoms with E-state index in [4.69, 9.17) is 14.2 Å². The van der Waals surface area contributed by atoms with Crippen LogP contribution in [0.3, 0.4) is 0 Å². The molecule has 7 rings (SSSR count). The highest BCUT2D eigenvalue weighted by Gasteiger charge is 2.88. The fourth-order valence-electron chi connectivity index (χ4n) is 6.48. The van der Waals surface area contributed by atoms with Crippen LogP contribution in [0.4, 0.5) is 0 Å². The second kappa shape index (κ2) is 3.32. The first-order valence-corrected chi connectivity index (χ1v) is 7.81. The van der Waals surface area contributed by atoms with Gasteiger partial charge in [-0.3, -0.25) is 0 Å². The largest absolute Gasteiger partial charge is 0.364 e. The van der Waals surface area contributed by atoms with Gasteiger partial charge < -0.3 is 19.3 Å². The zero-order chi connectivity index (χ0) is 13.8. The molecule has 1 N–H and O–H groups in total. The normalized spacial score (nSPS) is 54.4. The van der Waals surface area contributed by atoms with Gasteiger partial charge in [-0.25, -0.2) is 0 Å². The zero-order valence-electron chi connectivity index (χ0n) is 11.9. The van der Waals surface area contributed by atoms with E-state index in [-0.39, 0.29) is 16.8 Å². The van der Waals surface area contributed by atoms with E-state index in [1.807, 2.05) is 6.92 Å². The van der Waals surface area contributed by atoms with Crippen LogP contribution in [0.15, 0.2) is 12.2 Å². The fourth-order valence-corrected chi connectivity index (χ4v) is 6.48. The molecule has 1 aliphatic heterocycles. The lowest BCUT2D eigenvalue weighted by Gasteiger charge is -2.84. The number of rotatable bonds is 3. The molecule has 7 fully saturated rings. The van der Waals surface area contributed by atoms with Gasteiger partial charge >= 0.3 is 0 Å². The van der Waals surface area contributed by atoms with Crippen molar-refractivity contribution in [2.75, 3.05) is 13.2 Å². The van der Waals surface area contributed by atoms with Crippen molar-refractivity contribution in [2.45, 2.75) is 50.3 Å². The summed E-state index contributed by atoms with van der Waals surface area (Å²) in [5.74, 6) is 1.71. The minimum atomic E-state index is -0.832. The first-order valence-electron chi connectivity index (χ1n) is 7.81. The maximum absolute atomic E-state index is 10.1. The zero-order valence-corrected chi connectivity index (χ0v) is 11.9. The maximum atomic E-state index is 10.1. The molecule has 6 unspecified atom stereocenters. The molecule has 110 valence electrons. The third-order valence-corrected chi connectivity index (χ3v) is 6.75. The SMILES string of the molecule is C=C(C)C(O)OC12CC3CC4(C1)C3C(C2)C41OCCO1. The van der Waals surface area contributed by atoms with Gasteiger partial charge in [0.25, 0.3) is 0 Å². The summed E-state index contributed by atoms with van der Waals surface area (Å²) in [5, 5.41) is 10.1. The second-order valence-corrected chi connectivity index (χ2v) is 7.70. The van der Waals surface area contributed by atoms with E-state index >= 15 is 0 Å². The van der Waals surface area contributed by atoms with E-state index < -0.39 is 6.29 Å². The molecule has 0 amide bonds. The predicted molar refractivity (Wildman–Crippen MR) is 70.6 cm³/mol. The smallest absolute Gasteiger partial charge is 0.177 e. The third kappa shape index (κ3) is 1.06. The minimum absolute atomic E-state index is 0.165. The average molecular weight is 278 g/mol. The predicted octanol–water partition coefficient (Wildman–Crippen LogP) is 1.83. The highest BCUT2D eigenvalue weighted by molar-refractivity contribution is 5.33. The number of hydrogen-bond acceptors (Lipinski definition) is 4. The van der Waals surface area contributed by atoms with Crippen molar-refractivity contribution < 1.29 is 19.3 Å². The Morgan fingerprint density at radius 1 is 1.30 bits per heavy atom. The van der Waals surface area contributed by atoms with Gasteiger partial charge in [0.15, 0.2) is 12.1 Å². The van der Waals surface area contributed by atoms with Crippen LogP contribution in [0.5, 0.6) is 0 Å². The van der Waals surface area contributed by atoms with Crippen LogP contribution < -0.4 is 0 Å². The molecule has 5 bridgehead atoms. The van der Waals surface area contributed by atoms with Gasteiger partial charge in [-0.05, 0) is 50.0 Å². The molecule has 4 nitrogen and oxygen atoms in total. The van der Waals surface area contributed by atoms with E-state index in [0.29, 0.717) is 11.5 Å². The lowest BCUT2D eigenvalue weighted by atomic mass is 9.24. The molecule has 0 aromatic rings. The number of aliphatic hydroxyl groups excluding tert-OH is 1. The summed E-state index contributed by atoms with van der Waals surface area (Å²) in [6, 6.07) is 0. The summed E-state index contributed by atoms with van der Waals surface area (Å²) in [7, 11) is 0. The summed E-state index contributed by atoms with van der Waals surface area (Å²) in [6.45, 7) is 7.09. The third-order valence-electron chi connectivity index (χ3n) is 6.75. The number of aliphatic hydroxyl groups is 1. The van der Waals surface area contributed by atoms with Crippen molar-refractivity contribution in [2.24, 2.45) is 23.2 Å². The molecule has 0 aromatic carbocycles. The Kier molecular flexibility index (Phi) is 2.02. The Balaban J connectivity index is 1.46. The van der Waals surface area contributed by atoms with Crippen LogP contribution in [-0.4, -0.2) is 36.0 Å². The number of ether oxygens (including phenoxy) is 3. The lowest BCUT2D eigenvalue weighted by molar-refractivity contribution is -0.490. The molecule has 20 heavy (non-hydrogen) atoms. The van der Waals surface area contributed by atoms with E-state index in [1.54, 1.807) is 0 Å². The monoisotopic (exact) mass is 278 g/mol. The Morgan fingerprint density at radius 2 is 2.05 bits per heavy atom. The van der Waals surface area contributed by atoms with Crippen molar-refractivity contribution in [3.8, 4) is 0 Å². The van der Waals surface area contributed by atoms with Crippen LogP contribution in [0, 0.1) is 23.2 Å². The van der Waals surface area contributed by atoms with Crippen molar-refractivity contribution >= 4 is 0 Å². The molecular weight excluding hydrogens is 256 g/mol. The van der Waals surface area contributed by atoms with E-state index in [1.165, 1.54) is 6.42 Å². The number of hydrogen-bond donors (Lipinski definition) is 1. The van der Waals surface area contributed by atoms with Gasteiger partial charge in [0.1, 0.15) is 0 Å². The fraction of sp³-hybridized carbons (Fsp3) is 0.875. The van der Waals surface area contributed by atoms with Crippen LogP contribution in [0.25, 0.3) is 0 Å². The van der Waals surface area contributed by atoms with E-state index in [9.17, 15) is 5.11 Å².